The number of hydrogen-bond donors (Lipinski definition) is 0. The van der Waals surface area contributed by atoms with E-state index in [-0.39, 0.29) is 0 Å². The molecule has 0 bridgehead atoms. The lowest BCUT2D eigenvalue weighted by Crippen LogP contribution is -1.93. The average Bonchev–Trinajstić information content (AvgIpc) is 3.76. The molecule has 0 aliphatic carbocycles. The van der Waals surface area contributed by atoms with E-state index in [0.717, 1.165) is 38.8 Å². The van der Waals surface area contributed by atoms with Gasteiger partial charge in [0.15, 0.2) is 0 Å². The van der Waals surface area contributed by atoms with E-state index in [4.69, 9.17) is 4.42 Å². The predicted molar refractivity (Wildman–Crippen MR) is 219 cm³/mol. The van der Waals surface area contributed by atoms with Gasteiger partial charge in [0.05, 0.1) is 11.0 Å². The second-order valence-corrected chi connectivity index (χ2v) is 13.6. The number of benzene rings is 9. The number of para-hydroxylation sites is 3. The van der Waals surface area contributed by atoms with Gasteiger partial charge in [-0.25, -0.2) is 0 Å². The summed E-state index contributed by atoms with van der Waals surface area (Å²) < 4.78 is 9.28. The molecule has 0 atom stereocenters. The first-order valence-electron chi connectivity index (χ1n) is 17.9. The molecule has 2 aromatic heterocycles. The fourth-order valence-corrected chi connectivity index (χ4v) is 8.59. The van der Waals surface area contributed by atoms with Crippen molar-refractivity contribution < 1.29 is 4.42 Å². The molecule has 0 aliphatic heterocycles. The number of hydrogen-bond acceptors (Lipinski definition) is 1. The lowest BCUT2D eigenvalue weighted by molar-refractivity contribution is 0.670. The van der Waals surface area contributed by atoms with Crippen LogP contribution in [0.25, 0.3) is 104 Å². The fraction of sp³-hybridized carbons (Fsp3) is 0. The monoisotopic (exact) mass is 661 g/mol. The summed E-state index contributed by atoms with van der Waals surface area (Å²) in [6, 6.07) is 67.8. The first kappa shape index (κ1) is 28.9. The molecule has 2 nitrogen and oxygen atoms in total. The van der Waals surface area contributed by atoms with Gasteiger partial charge in [-0.1, -0.05) is 152 Å². The number of rotatable bonds is 4. The van der Waals surface area contributed by atoms with E-state index in [1.54, 1.807) is 0 Å². The SMILES string of the molecule is c1ccc(-c2c3ccccc3c(-c3ccc(-c4ccc5c6ccccc6n(-c6ccccc6)c5c4)c4oc5ccccc5c34)c3ccccc23)cc1. The highest BCUT2D eigenvalue weighted by atomic mass is 16.3. The van der Waals surface area contributed by atoms with Gasteiger partial charge in [-0.3, -0.25) is 0 Å². The van der Waals surface area contributed by atoms with Gasteiger partial charge < -0.3 is 8.98 Å². The topological polar surface area (TPSA) is 18.1 Å². The lowest BCUT2D eigenvalue weighted by atomic mass is 9.84. The molecular weight excluding hydrogens is 631 g/mol. The Labute approximate surface area is 300 Å². The molecule has 0 saturated carbocycles. The number of furan rings is 1. The summed E-state index contributed by atoms with van der Waals surface area (Å²) in [6.07, 6.45) is 0. The fourth-order valence-electron chi connectivity index (χ4n) is 8.59. The summed E-state index contributed by atoms with van der Waals surface area (Å²) in [7, 11) is 0. The summed E-state index contributed by atoms with van der Waals surface area (Å²) >= 11 is 0. The van der Waals surface area contributed by atoms with Crippen LogP contribution in [0, 0.1) is 0 Å². The Balaban J connectivity index is 1.23. The highest BCUT2D eigenvalue weighted by Crippen LogP contribution is 2.49. The van der Waals surface area contributed by atoms with Crippen LogP contribution in [0.3, 0.4) is 0 Å². The van der Waals surface area contributed by atoms with Crippen LogP contribution in [0.1, 0.15) is 0 Å². The molecule has 0 fully saturated rings. The maximum absolute atomic E-state index is 6.90. The van der Waals surface area contributed by atoms with Crippen molar-refractivity contribution in [1.82, 2.24) is 4.57 Å². The molecule has 0 aliphatic rings. The first-order chi connectivity index (χ1) is 25.8. The maximum Gasteiger partial charge on any atom is 0.143 e. The van der Waals surface area contributed by atoms with Crippen molar-refractivity contribution in [2.75, 3.05) is 0 Å². The average molecular weight is 662 g/mol. The van der Waals surface area contributed by atoms with Crippen LogP contribution in [0.2, 0.25) is 0 Å². The molecule has 2 heterocycles. The van der Waals surface area contributed by atoms with Crippen molar-refractivity contribution in [1.29, 1.82) is 0 Å². The van der Waals surface area contributed by atoms with Crippen molar-refractivity contribution in [2.45, 2.75) is 0 Å². The van der Waals surface area contributed by atoms with E-state index in [0.29, 0.717) is 0 Å². The summed E-state index contributed by atoms with van der Waals surface area (Å²) in [5.74, 6) is 0. The lowest BCUT2D eigenvalue weighted by Gasteiger charge is -2.18. The van der Waals surface area contributed by atoms with Crippen LogP contribution in [0.15, 0.2) is 192 Å². The highest BCUT2D eigenvalue weighted by molar-refractivity contribution is 6.26. The van der Waals surface area contributed by atoms with Crippen molar-refractivity contribution in [2.24, 2.45) is 0 Å². The molecule has 2 heteroatoms. The van der Waals surface area contributed by atoms with E-state index in [2.05, 4.69) is 193 Å². The molecule has 0 radical (unpaired) electrons. The number of aromatic nitrogens is 1. The largest absolute Gasteiger partial charge is 0.455 e. The number of nitrogens with zero attached hydrogens (tertiary/aromatic N) is 1. The van der Waals surface area contributed by atoms with E-state index < -0.39 is 0 Å². The second kappa shape index (κ2) is 11.3. The zero-order chi connectivity index (χ0) is 34.2. The summed E-state index contributed by atoms with van der Waals surface area (Å²) in [5.41, 5.74) is 12.4. The normalized spacial score (nSPS) is 11.8. The van der Waals surface area contributed by atoms with Gasteiger partial charge in [0.25, 0.3) is 0 Å². The van der Waals surface area contributed by atoms with Crippen LogP contribution < -0.4 is 0 Å². The molecule has 9 aromatic carbocycles. The number of fused-ring (bicyclic) bond motifs is 8. The van der Waals surface area contributed by atoms with Crippen LogP contribution in [-0.4, -0.2) is 4.57 Å². The summed E-state index contributed by atoms with van der Waals surface area (Å²) in [4.78, 5) is 0. The Bertz CT molecular complexity index is 3110. The molecule has 11 aromatic rings. The Morgan fingerprint density at radius 3 is 1.60 bits per heavy atom. The van der Waals surface area contributed by atoms with Gasteiger partial charge in [-0.05, 0) is 85.8 Å². The standard InChI is InChI=1S/C50H31NO/c1-3-15-32(16-4-1)47-38-20-7-9-22-40(38)48(41-23-10-8-21-39(41)47)43-30-29-35(50-49(43)42-24-12-14-26-46(42)52-50)33-27-28-37-36-19-11-13-25-44(36)51(45(37)31-33)34-17-5-2-6-18-34/h1-31H. The van der Waals surface area contributed by atoms with Gasteiger partial charge >= 0.3 is 0 Å². The maximum atomic E-state index is 6.90. The molecule has 242 valence electrons. The van der Waals surface area contributed by atoms with Crippen molar-refractivity contribution >= 4 is 65.3 Å². The highest BCUT2D eigenvalue weighted by Gasteiger charge is 2.23. The quantitative estimate of drug-likeness (QED) is 0.172. The molecule has 11 rings (SSSR count). The van der Waals surface area contributed by atoms with Crippen LogP contribution in [0.4, 0.5) is 0 Å². The summed E-state index contributed by atoms with van der Waals surface area (Å²) in [5, 5.41) is 9.68. The van der Waals surface area contributed by atoms with Crippen LogP contribution >= 0.6 is 0 Å². The van der Waals surface area contributed by atoms with Crippen molar-refractivity contribution in [3.63, 3.8) is 0 Å². The Kier molecular flexibility index (Phi) is 6.28. The zero-order valence-electron chi connectivity index (χ0n) is 28.3. The van der Waals surface area contributed by atoms with E-state index in [1.165, 1.54) is 65.6 Å². The third kappa shape index (κ3) is 4.19. The van der Waals surface area contributed by atoms with Crippen LogP contribution in [-0.2, 0) is 0 Å². The second-order valence-electron chi connectivity index (χ2n) is 13.6. The molecule has 0 N–H and O–H groups in total. The Hall–Kier alpha value is -6.90. The summed E-state index contributed by atoms with van der Waals surface area (Å²) in [6.45, 7) is 0. The Morgan fingerprint density at radius 1 is 0.346 bits per heavy atom. The van der Waals surface area contributed by atoms with Gasteiger partial charge in [0.1, 0.15) is 11.2 Å². The minimum Gasteiger partial charge on any atom is -0.455 e. The van der Waals surface area contributed by atoms with Crippen molar-refractivity contribution in [3.05, 3.63) is 188 Å². The molecule has 0 spiro atoms. The molecule has 0 saturated heterocycles. The van der Waals surface area contributed by atoms with Gasteiger partial charge in [-0.15, -0.1) is 0 Å². The van der Waals surface area contributed by atoms with Gasteiger partial charge in [0, 0.05) is 32.8 Å². The minimum absolute atomic E-state index is 0.889. The zero-order valence-corrected chi connectivity index (χ0v) is 28.3. The van der Waals surface area contributed by atoms with Crippen molar-refractivity contribution in [3.8, 4) is 39.1 Å². The van der Waals surface area contributed by atoms with E-state index >= 15 is 0 Å². The molecular formula is C50H31NO. The van der Waals surface area contributed by atoms with E-state index in [1.807, 2.05) is 0 Å². The first-order valence-corrected chi connectivity index (χ1v) is 17.9. The minimum atomic E-state index is 0.889. The molecule has 0 amide bonds. The smallest absolute Gasteiger partial charge is 0.143 e. The predicted octanol–water partition coefficient (Wildman–Crippen LogP) is 14.0. The van der Waals surface area contributed by atoms with Gasteiger partial charge in [0.2, 0.25) is 0 Å². The van der Waals surface area contributed by atoms with Gasteiger partial charge in [-0.2, -0.15) is 0 Å². The third-order valence-electron chi connectivity index (χ3n) is 10.8. The van der Waals surface area contributed by atoms with Crippen LogP contribution in [0.5, 0.6) is 0 Å². The third-order valence-corrected chi connectivity index (χ3v) is 10.8. The molecule has 0 unspecified atom stereocenters. The van der Waals surface area contributed by atoms with E-state index in [9.17, 15) is 0 Å². The molecule has 52 heavy (non-hydrogen) atoms. The Morgan fingerprint density at radius 2 is 0.885 bits per heavy atom.